The number of hydrogen-bond donors (Lipinski definition) is 1. The van der Waals surface area contributed by atoms with Crippen LogP contribution in [0.2, 0.25) is 0 Å². The van der Waals surface area contributed by atoms with E-state index in [-0.39, 0.29) is 18.6 Å². The second-order valence-corrected chi connectivity index (χ2v) is 6.50. The van der Waals surface area contributed by atoms with Crippen molar-refractivity contribution in [2.75, 3.05) is 13.7 Å². The second-order valence-electron chi connectivity index (χ2n) is 6.50. The predicted octanol–water partition coefficient (Wildman–Crippen LogP) is 4.16. The van der Waals surface area contributed by atoms with Crippen molar-refractivity contribution in [1.82, 2.24) is 5.32 Å². The van der Waals surface area contributed by atoms with E-state index in [2.05, 4.69) is 5.32 Å². The van der Waals surface area contributed by atoms with Gasteiger partial charge in [0.25, 0.3) is 5.91 Å². The first-order valence-electron chi connectivity index (χ1n) is 9.54. The van der Waals surface area contributed by atoms with E-state index in [1.807, 2.05) is 78.9 Å². The van der Waals surface area contributed by atoms with Crippen molar-refractivity contribution >= 4 is 18.0 Å². The Labute approximate surface area is 176 Å². The van der Waals surface area contributed by atoms with Crippen LogP contribution in [-0.4, -0.2) is 25.6 Å². The largest absolute Gasteiger partial charge is 0.496 e. The molecule has 0 aliphatic carbocycles. The lowest BCUT2D eigenvalue weighted by Gasteiger charge is -2.19. The maximum absolute atomic E-state index is 12.4. The molecule has 0 fully saturated rings. The third-order valence-electron chi connectivity index (χ3n) is 4.45. The summed E-state index contributed by atoms with van der Waals surface area (Å²) in [7, 11) is 1.56. The number of carbonyl (C=O) groups is 2. The number of methoxy groups -OCH3 is 1. The van der Waals surface area contributed by atoms with Gasteiger partial charge in [0.15, 0.2) is 6.61 Å². The summed E-state index contributed by atoms with van der Waals surface area (Å²) in [5.74, 6) is -0.341. The highest BCUT2D eigenvalue weighted by atomic mass is 16.5. The Morgan fingerprint density at radius 1 is 0.867 bits per heavy atom. The molecular weight excluding hydrogens is 378 g/mol. The van der Waals surface area contributed by atoms with Crippen LogP contribution in [0.15, 0.2) is 91.0 Å². The average Bonchev–Trinajstić information content (AvgIpc) is 2.81. The topological polar surface area (TPSA) is 64.6 Å². The van der Waals surface area contributed by atoms with Gasteiger partial charge in [-0.05, 0) is 23.3 Å². The minimum atomic E-state index is -0.605. The summed E-state index contributed by atoms with van der Waals surface area (Å²) in [5, 5.41) is 2.94. The van der Waals surface area contributed by atoms with Crippen LogP contribution in [0.1, 0.15) is 22.7 Å². The van der Waals surface area contributed by atoms with Crippen molar-refractivity contribution in [3.8, 4) is 5.75 Å². The Balaban J connectivity index is 1.60. The summed E-state index contributed by atoms with van der Waals surface area (Å²) in [6.07, 6.45) is 2.87. The van der Waals surface area contributed by atoms with E-state index in [4.69, 9.17) is 9.47 Å². The van der Waals surface area contributed by atoms with Crippen LogP contribution in [0.25, 0.3) is 6.08 Å². The van der Waals surface area contributed by atoms with Gasteiger partial charge in [-0.15, -0.1) is 0 Å². The van der Waals surface area contributed by atoms with E-state index in [0.717, 1.165) is 16.7 Å². The highest BCUT2D eigenvalue weighted by Crippen LogP contribution is 2.21. The Bertz CT molecular complexity index is 960. The SMILES string of the molecule is COc1ccccc1/C=C/C(=O)OCC(=O)NC(c1ccccc1)c1ccccc1. The molecule has 0 aromatic heterocycles. The van der Waals surface area contributed by atoms with Crippen molar-refractivity contribution in [2.45, 2.75) is 6.04 Å². The van der Waals surface area contributed by atoms with E-state index < -0.39 is 5.97 Å². The second kappa shape index (κ2) is 10.6. The molecule has 0 aliphatic rings. The molecule has 0 aliphatic heterocycles. The number of para-hydroxylation sites is 1. The molecule has 3 rings (SSSR count). The highest BCUT2D eigenvalue weighted by molar-refractivity contribution is 5.89. The average molecular weight is 401 g/mol. The quantitative estimate of drug-likeness (QED) is 0.455. The molecule has 0 unspecified atom stereocenters. The molecule has 3 aromatic carbocycles. The molecule has 0 saturated heterocycles. The van der Waals surface area contributed by atoms with E-state index in [1.54, 1.807) is 19.3 Å². The monoisotopic (exact) mass is 401 g/mol. The zero-order chi connectivity index (χ0) is 21.2. The van der Waals surface area contributed by atoms with Gasteiger partial charge in [0, 0.05) is 11.6 Å². The van der Waals surface area contributed by atoms with Crippen molar-refractivity contribution < 1.29 is 19.1 Å². The van der Waals surface area contributed by atoms with E-state index >= 15 is 0 Å². The molecule has 152 valence electrons. The van der Waals surface area contributed by atoms with Gasteiger partial charge in [0.05, 0.1) is 13.2 Å². The fraction of sp³-hybridized carbons (Fsp3) is 0.120. The summed E-state index contributed by atoms with van der Waals surface area (Å²) in [6.45, 7) is -0.370. The molecule has 0 heterocycles. The lowest BCUT2D eigenvalue weighted by Crippen LogP contribution is -2.32. The normalized spacial score (nSPS) is 10.7. The fourth-order valence-corrected chi connectivity index (χ4v) is 3.00. The molecule has 3 aromatic rings. The lowest BCUT2D eigenvalue weighted by molar-refractivity contribution is -0.143. The number of hydrogen-bond acceptors (Lipinski definition) is 4. The molecule has 0 bridgehead atoms. The van der Waals surface area contributed by atoms with E-state index in [0.29, 0.717) is 5.75 Å². The van der Waals surface area contributed by atoms with Gasteiger partial charge < -0.3 is 14.8 Å². The predicted molar refractivity (Wildman–Crippen MR) is 116 cm³/mol. The Morgan fingerprint density at radius 3 is 2.03 bits per heavy atom. The molecule has 5 nitrogen and oxygen atoms in total. The fourth-order valence-electron chi connectivity index (χ4n) is 3.00. The number of ether oxygens (including phenoxy) is 2. The van der Waals surface area contributed by atoms with Crippen LogP contribution < -0.4 is 10.1 Å². The summed E-state index contributed by atoms with van der Waals surface area (Å²) >= 11 is 0. The van der Waals surface area contributed by atoms with Crippen LogP contribution in [0.5, 0.6) is 5.75 Å². The van der Waals surface area contributed by atoms with Gasteiger partial charge in [-0.2, -0.15) is 0 Å². The zero-order valence-corrected chi connectivity index (χ0v) is 16.7. The number of benzene rings is 3. The zero-order valence-electron chi connectivity index (χ0n) is 16.7. The van der Waals surface area contributed by atoms with Crippen LogP contribution in [0.3, 0.4) is 0 Å². The number of amides is 1. The van der Waals surface area contributed by atoms with Crippen molar-refractivity contribution in [2.24, 2.45) is 0 Å². The van der Waals surface area contributed by atoms with E-state index in [9.17, 15) is 9.59 Å². The molecule has 0 saturated carbocycles. The minimum absolute atomic E-state index is 0.331. The van der Waals surface area contributed by atoms with Crippen molar-refractivity contribution in [1.29, 1.82) is 0 Å². The summed E-state index contributed by atoms with van der Waals surface area (Å²) in [6, 6.07) is 26.3. The number of esters is 1. The Morgan fingerprint density at radius 2 is 1.43 bits per heavy atom. The van der Waals surface area contributed by atoms with E-state index in [1.165, 1.54) is 6.08 Å². The maximum atomic E-state index is 12.4. The number of nitrogens with one attached hydrogen (secondary N) is 1. The molecular formula is C25H23NO4. The Kier molecular flexibility index (Phi) is 7.39. The van der Waals surface area contributed by atoms with Gasteiger partial charge in [-0.25, -0.2) is 4.79 Å². The first-order valence-corrected chi connectivity index (χ1v) is 9.54. The minimum Gasteiger partial charge on any atom is -0.496 e. The molecule has 0 spiro atoms. The third kappa shape index (κ3) is 5.82. The smallest absolute Gasteiger partial charge is 0.331 e. The summed E-state index contributed by atoms with van der Waals surface area (Å²) in [5.41, 5.74) is 2.63. The molecule has 0 radical (unpaired) electrons. The Hall–Kier alpha value is -3.86. The molecule has 0 atom stereocenters. The van der Waals surface area contributed by atoms with Gasteiger partial charge in [-0.3, -0.25) is 4.79 Å². The number of carbonyl (C=O) groups excluding carboxylic acids is 2. The first kappa shape index (κ1) is 20.9. The maximum Gasteiger partial charge on any atom is 0.331 e. The van der Waals surface area contributed by atoms with Crippen LogP contribution >= 0.6 is 0 Å². The van der Waals surface area contributed by atoms with Crippen molar-refractivity contribution in [3.05, 3.63) is 108 Å². The number of rotatable bonds is 8. The van der Waals surface area contributed by atoms with Crippen molar-refractivity contribution in [3.63, 3.8) is 0 Å². The molecule has 1 N–H and O–H groups in total. The van der Waals surface area contributed by atoms with Gasteiger partial charge >= 0.3 is 5.97 Å². The summed E-state index contributed by atoms with van der Waals surface area (Å²) < 4.78 is 10.3. The van der Waals surface area contributed by atoms with Gasteiger partial charge in [-0.1, -0.05) is 78.9 Å². The summed E-state index contributed by atoms with van der Waals surface area (Å²) in [4.78, 5) is 24.5. The van der Waals surface area contributed by atoms with Gasteiger partial charge in [0.2, 0.25) is 0 Å². The lowest BCUT2D eigenvalue weighted by atomic mass is 9.99. The first-order chi connectivity index (χ1) is 14.7. The van der Waals surface area contributed by atoms with Crippen LogP contribution in [-0.2, 0) is 14.3 Å². The molecule has 30 heavy (non-hydrogen) atoms. The van der Waals surface area contributed by atoms with Crippen LogP contribution in [0.4, 0.5) is 0 Å². The standard InChI is InChI=1S/C25H23NO4/c1-29-22-15-9-8-10-19(22)16-17-24(28)30-18-23(27)26-25(20-11-4-2-5-12-20)21-13-6-3-7-14-21/h2-17,25H,18H2,1H3,(H,26,27)/b17-16+. The molecule has 1 amide bonds. The van der Waals surface area contributed by atoms with Crippen LogP contribution in [0, 0.1) is 0 Å². The van der Waals surface area contributed by atoms with Gasteiger partial charge in [0.1, 0.15) is 5.75 Å². The highest BCUT2D eigenvalue weighted by Gasteiger charge is 2.17. The molecule has 5 heteroatoms. The third-order valence-corrected chi connectivity index (χ3v) is 4.45.